The van der Waals surface area contributed by atoms with E-state index in [1.807, 2.05) is 37.3 Å². The van der Waals surface area contributed by atoms with Crippen LogP contribution in [0, 0.1) is 6.92 Å². The van der Waals surface area contributed by atoms with Crippen molar-refractivity contribution in [2.24, 2.45) is 0 Å². The van der Waals surface area contributed by atoms with Crippen LogP contribution in [0.2, 0.25) is 5.02 Å². The van der Waals surface area contributed by atoms with E-state index in [0.717, 1.165) is 41.1 Å². The van der Waals surface area contributed by atoms with E-state index in [9.17, 15) is 0 Å². The van der Waals surface area contributed by atoms with Gasteiger partial charge in [-0.3, -0.25) is 0 Å². The zero-order valence-electron chi connectivity index (χ0n) is 12.8. The molecule has 1 N–H and O–H groups in total. The van der Waals surface area contributed by atoms with Crippen molar-refractivity contribution in [2.45, 2.75) is 32.7 Å². The number of aromatic nitrogens is 2. The van der Waals surface area contributed by atoms with E-state index in [0.29, 0.717) is 6.54 Å². The minimum atomic E-state index is 0.662. The Labute approximate surface area is 136 Å². The van der Waals surface area contributed by atoms with Gasteiger partial charge in [0.2, 0.25) is 5.95 Å². The standard InChI is InChI=1S/C17H21ClN4/c1-13-11-16(19-12-14-7-3-4-8-15(14)18)21-17(20-13)22-9-5-2-6-10-22/h3-4,7-8,11H,2,5-6,9-10,12H2,1H3,(H,19,20,21). The Balaban J connectivity index is 1.73. The molecule has 0 bridgehead atoms. The van der Waals surface area contributed by atoms with Crippen LogP contribution in [0.4, 0.5) is 11.8 Å². The second-order valence-corrected chi connectivity index (χ2v) is 6.09. The first-order valence-electron chi connectivity index (χ1n) is 7.80. The third-order valence-corrected chi connectivity index (χ3v) is 4.27. The van der Waals surface area contributed by atoms with E-state index in [1.165, 1.54) is 19.3 Å². The molecule has 0 radical (unpaired) electrons. The molecule has 22 heavy (non-hydrogen) atoms. The summed E-state index contributed by atoms with van der Waals surface area (Å²) in [5, 5.41) is 4.13. The van der Waals surface area contributed by atoms with E-state index in [1.54, 1.807) is 0 Å². The quantitative estimate of drug-likeness (QED) is 0.924. The maximum Gasteiger partial charge on any atom is 0.227 e. The summed E-state index contributed by atoms with van der Waals surface area (Å²) >= 11 is 6.19. The number of anilines is 2. The molecule has 5 heteroatoms. The first kappa shape index (κ1) is 15.1. The average molecular weight is 317 g/mol. The number of aryl methyl sites for hydroxylation is 1. The lowest BCUT2D eigenvalue weighted by atomic mass is 10.1. The van der Waals surface area contributed by atoms with E-state index >= 15 is 0 Å². The second kappa shape index (κ2) is 6.97. The Morgan fingerprint density at radius 2 is 1.91 bits per heavy atom. The molecule has 4 nitrogen and oxygen atoms in total. The number of nitrogens with one attached hydrogen (secondary N) is 1. The second-order valence-electron chi connectivity index (χ2n) is 5.69. The fourth-order valence-electron chi connectivity index (χ4n) is 2.71. The van der Waals surface area contributed by atoms with Crippen LogP contribution in [-0.2, 0) is 6.54 Å². The minimum Gasteiger partial charge on any atom is -0.366 e. The van der Waals surface area contributed by atoms with Crippen molar-refractivity contribution in [1.29, 1.82) is 0 Å². The predicted octanol–water partition coefficient (Wildman–Crippen LogP) is 4.04. The molecule has 1 aliphatic heterocycles. The Hall–Kier alpha value is -1.81. The number of hydrogen-bond donors (Lipinski definition) is 1. The van der Waals surface area contributed by atoms with Crippen molar-refractivity contribution >= 4 is 23.4 Å². The van der Waals surface area contributed by atoms with Crippen molar-refractivity contribution in [3.8, 4) is 0 Å². The smallest absolute Gasteiger partial charge is 0.227 e. The Kier molecular flexibility index (Phi) is 4.78. The van der Waals surface area contributed by atoms with E-state index < -0.39 is 0 Å². The van der Waals surface area contributed by atoms with Crippen LogP contribution in [0.15, 0.2) is 30.3 Å². The van der Waals surface area contributed by atoms with Gasteiger partial charge in [-0.25, -0.2) is 4.98 Å². The minimum absolute atomic E-state index is 0.662. The van der Waals surface area contributed by atoms with Gasteiger partial charge in [0, 0.05) is 36.4 Å². The molecule has 0 amide bonds. The highest BCUT2D eigenvalue weighted by atomic mass is 35.5. The topological polar surface area (TPSA) is 41.1 Å². The van der Waals surface area contributed by atoms with Gasteiger partial charge in [0.05, 0.1) is 0 Å². The molecule has 1 saturated heterocycles. The molecule has 2 aromatic rings. The number of nitrogens with zero attached hydrogens (tertiary/aromatic N) is 3. The summed E-state index contributed by atoms with van der Waals surface area (Å²) in [5.41, 5.74) is 2.05. The van der Waals surface area contributed by atoms with Crippen molar-refractivity contribution in [3.63, 3.8) is 0 Å². The normalized spacial score (nSPS) is 14.9. The monoisotopic (exact) mass is 316 g/mol. The summed E-state index contributed by atoms with van der Waals surface area (Å²) in [4.78, 5) is 11.5. The molecule has 0 unspecified atom stereocenters. The van der Waals surface area contributed by atoms with E-state index in [4.69, 9.17) is 11.6 Å². The maximum atomic E-state index is 6.19. The lowest BCUT2D eigenvalue weighted by molar-refractivity contribution is 0.568. The zero-order valence-corrected chi connectivity index (χ0v) is 13.6. The molecule has 1 fully saturated rings. The Bertz CT molecular complexity index is 638. The van der Waals surface area contributed by atoms with Crippen LogP contribution in [0.5, 0.6) is 0 Å². The molecule has 1 aliphatic rings. The molecule has 116 valence electrons. The molecule has 0 atom stereocenters. The van der Waals surface area contributed by atoms with Crippen molar-refractivity contribution < 1.29 is 0 Å². The first-order valence-corrected chi connectivity index (χ1v) is 8.18. The highest BCUT2D eigenvalue weighted by Gasteiger charge is 2.14. The van der Waals surface area contributed by atoms with Gasteiger partial charge in [-0.2, -0.15) is 4.98 Å². The van der Waals surface area contributed by atoms with E-state index in [-0.39, 0.29) is 0 Å². The predicted molar refractivity (Wildman–Crippen MR) is 91.6 cm³/mol. The van der Waals surface area contributed by atoms with Crippen LogP contribution < -0.4 is 10.2 Å². The summed E-state index contributed by atoms with van der Waals surface area (Å²) in [6.07, 6.45) is 3.75. The Morgan fingerprint density at radius 3 is 2.68 bits per heavy atom. The highest BCUT2D eigenvalue weighted by molar-refractivity contribution is 6.31. The molecule has 1 aromatic carbocycles. The summed E-state index contributed by atoms with van der Waals surface area (Å²) < 4.78 is 0. The molecule has 0 saturated carbocycles. The fourth-order valence-corrected chi connectivity index (χ4v) is 2.91. The lowest BCUT2D eigenvalue weighted by Gasteiger charge is -2.27. The number of piperidine rings is 1. The lowest BCUT2D eigenvalue weighted by Crippen LogP contribution is -2.31. The molecule has 0 aliphatic carbocycles. The van der Waals surface area contributed by atoms with E-state index in [2.05, 4.69) is 20.2 Å². The number of hydrogen-bond acceptors (Lipinski definition) is 4. The van der Waals surface area contributed by atoms with Gasteiger partial charge in [0.25, 0.3) is 0 Å². The molecule has 0 spiro atoms. The van der Waals surface area contributed by atoms with Gasteiger partial charge in [-0.15, -0.1) is 0 Å². The van der Waals surface area contributed by atoms with Crippen molar-refractivity contribution in [2.75, 3.05) is 23.3 Å². The fraction of sp³-hybridized carbons (Fsp3) is 0.412. The number of rotatable bonds is 4. The summed E-state index contributed by atoms with van der Waals surface area (Å²) in [6, 6.07) is 9.84. The molecule has 1 aromatic heterocycles. The van der Waals surface area contributed by atoms with Crippen LogP contribution in [0.3, 0.4) is 0 Å². The largest absolute Gasteiger partial charge is 0.366 e. The van der Waals surface area contributed by atoms with Gasteiger partial charge in [0.1, 0.15) is 5.82 Å². The maximum absolute atomic E-state index is 6.19. The average Bonchev–Trinajstić information content (AvgIpc) is 2.54. The SMILES string of the molecule is Cc1cc(NCc2ccccc2Cl)nc(N2CCCCC2)n1. The number of halogens is 1. The third-order valence-electron chi connectivity index (χ3n) is 3.90. The zero-order chi connectivity index (χ0) is 15.4. The summed E-state index contributed by atoms with van der Waals surface area (Å²) in [6.45, 7) is 4.77. The van der Waals surface area contributed by atoms with Crippen molar-refractivity contribution in [3.05, 3.63) is 46.6 Å². The van der Waals surface area contributed by atoms with Gasteiger partial charge in [-0.1, -0.05) is 29.8 Å². The van der Waals surface area contributed by atoms with Gasteiger partial charge >= 0.3 is 0 Å². The number of benzene rings is 1. The van der Waals surface area contributed by atoms with Crippen molar-refractivity contribution in [1.82, 2.24) is 9.97 Å². The van der Waals surface area contributed by atoms with Crippen LogP contribution in [0.25, 0.3) is 0 Å². The highest BCUT2D eigenvalue weighted by Crippen LogP contribution is 2.20. The molecular formula is C17H21ClN4. The van der Waals surface area contributed by atoms with Gasteiger partial charge in [0.15, 0.2) is 0 Å². The van der Waals surface area contributed by atoms with Crippen LogP contribution in [-0.4, -0.2) is 23.1 Å². The van der Waals surface area contributed by atoms with Gasteiger partial charge in [-0.05, 0) is 37.8 Å². The molecule has 3 rings (SSSR count). The molecular weight excluding hydrogens is 296 g/mol. The molecule has 2 heterocycles. The third kappa shape index (κ3) is 3.69. The summed E-state index contributed by atoms with van der Waals surface area (Å²) in [5.74, 6) is 1.69. The van der Waals surface area contributed by atoms with Crippen LogP contribution >= 0.6 is 11.6 Å². The summed E-state index contributed by atoms with van der Waals surface area (Å²) in [7, 11) is 0. The van der Waals surface area contributed by atoms with Crippen LogP contribution in [0.1, 0.15) is 30.5 Å². The Morgan fingerprint density at radius 1 is 1.14 bits per heavy atom. The first-order chi connectivity index (χ1) is 10.7. The van der Waals surface area contributed by atoms with Gasteiger partial charge < -0.3 is 10.2 Å².